The van der Waals surface area contributed by atoms with E-state index in [1.807, 2.05) is 30.3 Å². The fourth-order valence-corrected chi connectivity index (χ4v) is 3.03. The van der Waals surface area contributed by atoms with Crippen molar-refractivity contribution in [1.82, 2.24) is 20.9 Å². The van der Waals surface area contributed by atoms with Crippen molar-refractivity contribution in [2.75, 3.05) is 33.2 Å². The highest BCUT2D eigenvalue weighted by molar-refractivity contribution is 5.94. The summed E-state index contributed by atoms with van der Waals surface area (Å²) in [6, 6.07) is 10.2. The molecule has 0 aromatic heterocycles. The van der Waals surface area contributed by atoms with Gasteiger partial charge < -0.3 is 16.0 Å². The first-order valence-electron chi connectivity index (χ1n) is 9.05. The molecule has 2 unspecified atom stereocenters. The van der Waals surface area contributed by atoms with Crippen LogP contribution in [0.1, 0.15) is 31.1 Å². The van der Waals surface area contributed by atoms with Gasteiger partial charge >= 0.3 is 0 Å². The molecule has 1 aromatic rings. The van der Waals surface area contributed by atoms with Crippen LogP contribution in [0.2, 0.25) is 0 Å². The van der Waals surface area contributed by atoms with Crippen LogP contribution in [-0.4, -0.2) is 62.1 Å². The first kappa shape index (κ1) is 19.2. The zero-order valence-electron chi connectivity index (χ0n) is 15.7. The number of amides is 1. The maximum atomic E-state index is 12.0. The molecule has 1 heterocycles. The Morgan fingerprint density at radius 3 is 2.48 bits per heavy atom. The lowest BCUT2D eigenvalue weighted by atomic mass is 10.1. The number of rotatable bonds is 6. The lowest BCUT2D eigenvalue weighted by Crippen LogP contribution is -2.48. The molecule has 1 fully saturated rings. The van der Waals surface area contributed by atoms with Crippen LogP contribution in [0.15, 0.2) is 35.3 Å². The number of carbonyl (C=O) groups is 1. The first-order chi connectivity index (χ1) is 12.0. The summed E-state index contributed by atoms with van der Waals surface area (Å²) in [5.74, 6) is 1.32. The lowest BCUT2D eigenvalue weighted by molar-refractivity contribution is 0.0954. The van der Waals surface area contributed by atoms with E-state index in [0.29, 0.717) is 36.7 Å². The van der Waals surface area contributed by atoms with Gasteiger partial charge in [-0.25, -0.2) is 0 Å². The molecule has 25 heavy (non-hydrogen) atoms. The Labute approximate surface area is 151 Å². The molecule has 1 aliphatic heterocycles. The van der Waals surface area contributed by atoms with Crippen LogP contribution < -0.4 is 16.0 Å². The number of aliphatic imine (C=N–C) groups is 1. The fourth-order valence-electron chi connectivity index (χ4n) is 3.03. The van der Waals surface area contributed by atoms with Gasteiger partial charge in [-0.2, -0.15) is 0 Å². The molecule has 6 heteroatoms. The van der Waals surface area contributed by atoms with Gasteiger partial charge in [0.25, 0.3) is 5.91 Å². The summed E-state index contributed by atoms with van der Waals surface area (Å²) in [6.07, 6.45) is 0. The lowest BCUT2D eigenvalue weighted by Gasteiger charge is -2.22. The van der Waals surface area contributed by atoms with Gasteiger partial charge in [-0.1, -0.05) is 25.1 Å². The predicted octanol–water partition coefficient (Wildman–Crippen LogP) is 1.31. The predicted molar refractivity (Wildman–Crippen MR) is 103 cm³/mol. The Bertz CT molecular complexity index is 572. The summed E-state index contributed by atoms with van der Waals surface area (Å²) >= 11 is 0. The van der Waals surface area contributed by atoms with Crippen LogP contribution >= 0.6 is 0 Å². The molecular formula is C19H31N5O. The maximum Gasteiger partial charge on any atom is 0.251 e. The molecule has 2 rings (SSSR count). The van der Waals surface area contributed by atoms with Crippen LogP contribution in [0.25, 0.3) is 0 Å². The minimum absolute atomic E-state index is 0.0534. The molecule has 1 aliphatic rings. The van der Waals surface area contributed by atoms with E-state index in [-0.39, 0.29) is 5.91 Å². The van der Waals surface area contributed by atoms with E-state index in [1.165, 1.54) is 0 Å². The second kappa shape index (κ2) is 9.42. The average Bonchev–Trinajstić information content (AvgIpc) is 2.99. The number of hydrogen-bond acceptors (Lipinski definition) is 3. The number of hydrogen-bond donors (Lipinski definition) is 3. The third kappa shape index (κ3) is 5.74. The van der Waals surface area contributed by atoms with Crippen LogP contribution in [-0.2, 0) is 0 Å². The van der Waals surface area contributed by atoms with E-state index < -0.39 is 0 Å². The Hall–Kier alpha value is -2.08. The Morgan fingerprint density at radius 1 is 1.20 bits per heavy atom. The molecule has 2 atom stereocenters. The second-order valence-electron chi connectivity index (χ2n) is 6.90. The smallest absolute Gasteiger partial charge is 0.251 e. The van der Waals surface area contributed by atoms with Crippen LogP contribution in [0, 0.1) is 5.92 Å². The Morgan fingerprint density at radius 2 is 1.88 bits per heavy atom. The molecule has 1 saturated heterocycles. The molecule has 0 bridgehead atoms. The van der Waals surface area contributed by atoms with Crippen molar-refractivity contribution in [2.24, 2.45) is 10.9 Å². The molecule has 0 radical (unpaired) electrons. The Kier molecular flexibility index (Phi) is 7.25. The topological polar surface area (TPSA) is 68.8 Å². The highest BCUT2D eigenvalue weighted by Crippen LogP contribution is 2.18. The fraction of sp³-hybridized carbons (Fsp3) is 0.579. The van der Waals surface area contributed by atoms with E-state index in [2.05, 4.69) is 46.6 Å². The molecule has 6 nitrogen and oxygen atoms in total. The summed E-state index contributed by atoms with van der Waals surface area (Å²) in [5.41, 5.74) is 0.679. The van der Waals surface area contributed by atoms with Gasteiger partial charge in [-0.15, -0.1) is 0 Å². The minimum atomic E-state index is -0.0534. The van der Waals surface area contributed by atoms with E-state index in [4.69, 9.17) is 0 Å². The third-order valence-corrected chi connectivity index (χ3v) is 4.66. The third-order valence-electron chi connectivity index (χ3n) is 4.66. The molecule has 0 aliphatic carbocycles. The van der Waals surface area contributed by atoms with Crippen LogP contribution in [0.4, 0.5) is 0 Å². The minimum Gasteiger partial charge on any atom is -0.355 e. The van der Waals surface area contributed by atoms with Crippen molar-refractivity contribution in [3.63, 3.8) is 0 Å². The molecule has 0 saturated carbocycles. The van der Waals surface area contributed by atoms with Crippen LogP contribution in [0.5, 0.6) is 0 Å². The van der Waals surface area contributed by atoms with Gasteiger partial charge in [0.2, 0.25) is 0 Å². The quantitative estimate of drug-likeness (QED) is 0.413. The van der Waals surface area contributed by atoms with Gasteiger partial charge in [0.05, 0.1) is 0 Å². The van der Waals surface area contributed by atoms with Gasteiger partial charge in [-0.05, 0) is 31.9 Å². The molecule has 0 spiro atoms. The average molecular weight is 345 g/mol. The molecule has 1 aromatic carbocycles. The van der Waals surface area contributed by atoms with E-state index in [0.717, 1.165) is 19.0 Å². The van der Waals surface area contributed by atoms with Crippen molar-refractivity contribution in [2.45, 2.75) is 32.9 Å². The first-order valence-corrected chi connectivity index (χ1v) is 9.05. The standard InChI is InChI=1S/C19H31N5O/c1-14(2)24-12-15(3)17(13-24)23-19(20-4)22-11-10-21-18(25)16-8-6-5-7-9-16/h5-9,14-15,17H,10-13H2,1-4H3,(H,21,25)(H2,20,22,23). The monoisotopic (exact) mass is 345 g/mol. The molecule has 138 valence electrons. The molecular weight excluding hydrogens is 314 g/mol. The van der Waals surface area contributed by atoms with Crippen LogP contribution in [0.3, 0.4) is 0 Å². The van der Waals surface area contributed by atoms with Crippen molar-refractivity contribution < 1.29 is 4.79 Å². The number of benzene rings is 1. The van der Waals surface area contributed by atoms with Crippen molar-refractivity contribution >= 4 is 11.9 Å². The number of nitrogens with one attached hydrogen (secondary N) is 3. The SMILES string of the molecule is CN=C(NCCNC(=O)c1ccccc1)NC1CN(C(C)C)CC1C. The highest BCUT2D eigenvalue weighted by Gasteiger charge is 2.31. The molecule has 3 N–H and O–H groups in total. The number of guanidine groups is 1. The van der Waals surface area contributed by atoms with E-state index >= 15 is 0 Å². The van der Waals surface area contributed by atoms with Gasteiger partial charge in [0, 0.05) is 50.9 Å². The van der Waals surface area contributed by atoms with Crippen molar-refractivity contribution in [3.05, 3.63) is 35.9 Å². The Balaban J connectivity index is 1.71. The zero-order chi connectivity index (χ0) is 18.2. The zero-order valence-corrected chi connectivity index (χ0v) is 15.7. The summed E-state index contributed by atoms with van der Waals surface area (Å²) in [5, 5.41) is 9.69. The van der Waals surface area contributed by atoms with Crippen molar-refractivity contribution in [3.8, 4) is 0 Å². The molecule has 1 amide bonds. The number of carbonyl (C=O) groups excluding carboxylic acids is 1. The van der Waals surface area contributed by atoms with E-state index in [9.17, 15) is 4.79 Å². The van der Waals surface area contributed by atoms with E-state index in [1.54, 1.807) is 7.05 Å². The number of nitrogens with zero attached hydrogens (tertiary/aromatic N) is 2. The van der Waals surface area contributed by atoms with Crippen molar-refractivity contribution in [1.29, 1.82) is 0 Å². The summed E-state index contributed by atoms with van der Waals surface area (Å²) < 4.78 is 0. The van der Waals surface area contributed by atoms with Gasteiger partial charge in [0.1, 0.15) is 0 Å². The highest BCUT2D eigenvalue weighted by atomic mass is 16.1. The second-order valence-corrected chi connectivity index (χ2v) is 6.90. The van der Waals surface area contributed by atoms with Gasteiger partial charge in [0.15, 0.2) is 5.96 Å². The summed E-state index contributed by atoms with van der Waals surface area (Å²) in [4.78, 5) is 18.8. The largest absolute Gasteiger partial charge is 0.355 e. The summed E-state index contributed by atoms with van der Waals surface area (Å²) in [7, 11) is 1.78. The van der Waals surface area contributed by atoms with Gasteiger partial charge in [-0.3, -0.25) is 14.7 Å². The maximum absolute atomic E-state index is 12.0. The normalized spacial score (nSPS) is 21.4. The number of likely N-dealkylation sites (tertiary alicyclic amines) is 1. The summed E-state index contributed by atoms with van der Waals surface area (Å²) in [6.45, 7) is 10.1.